The SMILES string of the molecule is O=C(CCc1cc(-c2ccc(C(F)(F)F)cc2)ncn1)[C@@H]1CC(F)(F)CN1S(=O)(=O)c1ccc(Cl)s1. The van der Waals surface area contributed by atoms with Crippen LogP contribution in [-0.2, 0) is 27.4 Å². The zero-order chi connectivity index (χ0) is 26.3. The molecule has 1 aliphatic rings. The molecule has 0 spiro atoms. The van der Waals surface area contributed by atoms with Crippen molar-refractivity contribution in [2.45, 2.75) is 41.6 Å². The molecule has 1 saturated heterocycles. The minimum atomic E-state index is -4.48. The minimum Gasteiger partial charge on any atom is -0.298 e. The molecule has 0 radical (unpaired) electrons. The van der Waals surface area contributed by atoms with Crippen LogP contribution in [0.4, 0.5) is 22.0 Å². The second-order valence-corrected chi connectivity index (χ2v) is 12.0. The van der Waals surface area contributed by atoms with Crippen LogP contribution in [0.3, 0.4) is 0 Å². The van der Waals surface area contributed by atoms with Crippen molar-refractivity contribution in [1.82, 2.24) is 14.3 Å². The summed E-state index contributed by atoms with van der Waals surface area (Å²) in [6.07, 6.45) is -4.53. The molecule has 192 valence electrons. The van der Waals surface area contributed by atoms with E-state index in [-0.39, 0.29) is 21.4 Å². The van der Waals surface area contributed by atoms with E-state index >= 15 is 0 Å². The molecule has 3 heterocycles. The molecule has 4 rings (SSSR count). The molecule has 1 fully saturated rings. The number of sulfonamides is 1. The van der Waals surface area contributed by atoms with E-state index in [0.717, 1.165) is 12.1 Å². The van der Waals surface area contributed by atoms with Gasteiger partial charge in [0.1, 0.15) is 10.5 Å². The number of carbonyl (C=O) groups is 1. The largest absolute Gasteiger partial charge is 0.416 e. The fourth-order valence-electron chi connectivity index (χ4n) is 3.81. The smallest absolute Gasteiger partial charge is 0.298 e. The number of carbonyl (C=O) groups excluding carboxylic acids is 1. The fraction of sp³-hybridized carbons (Fsp3) is 0.318. The summed E-state index contributed by atoms with van der Waals surface area (Å²) in [4.78, 5) is 20.9. The van der Waals surface area contributed by atoms with Crippen LogP contribution in [0.2, 0.25) is 4.34 Å². The Hall–Kier alpha value is -2.48. The number of halogens is 6. The van der Waals surface area contributed by atoms with Crippen molar-refractivity contribution in [3.05, 3.63) is 64.4 Å². The molecule has 0 unspecified atom stereocenters. The van der Waals surface area contributed by atoms with Crippen LogP contribution in [0.15, 0.2) is 53.0 Å². The topological polar surface area (TPSA) is 80.2 Å². The Bertz CT molecular complexity index is 1380. The van der Waals surface area contributed by atoms with Gasteiger partial charge in [0.05, 0.1) is 28.2 Å². The summed E-state index contributed by atoms with van der Waals surface area (Å²) in [7, 11) is -4.36. The number of benzene rings is 1. The van der Waals surface area contributed by atoms with Gasteiger partial charge in [-0.25, -0.2) is 27.2 Å². The predicted octanol–water partition coefficient (Wildman–Crippen LogP) is 5.48. The van der Waals surface area contributed by atoms with E-state index in [4.69, 9.17) is 11.6 Å². The quantitative estimate of drug-likeness (QED) is 0.355. The lowest BCUT2D eigenvalue weighted by atomic mass is 10.0. The molecule has 6 nitrogen and oxygen atoms in total. The van der Waals surface area contributed by atoms with Crippen molar-refractivity contribution in [2.75, 3.05) is 6.54 Å². The highest BCUT2D eigenvalue weighted by atomic mass is 35.5. The van der Waals surface area contributed by atoms with Gasteiger partial charge in [-0.15, -0.1) is 11.3 Å². The Balaban J connectivity index is 1.49. The van der Waals surface area contributed by atoms with Crippen LogP contribution in [0, 0.1) is 0 Å². The van der Waals surface area contributed by atoms with Crippen LogP contribution in [0.25, 0.3) is 11.3 Å². The molecule has 0 aliphatic carbocycles. The minimum absolute atomic E-state index is 0.00419. The van der Waals surface area contributed by atoms with Crippen LogP contribution in [0.1, 0.15) is 24.1 Å². The summed E-state index contributed by atoms with van der Waals surface area (Å²) in [6.45, 7) is -1.12. The van der Waals surface area contributed by atoms with Crippen molar-refractivity contribution >= 4 is 38.7 Å². The van der Waals surface area contributed by atoms with Crippen molar-refractivity contribution in [2.24, 2.45) is 0 Å². The first-order chi connectivity index (χ1) is 16.8. The Morgan fingerprint density at radius 2 is 1.83 bits per heavy atom. The van der Waals surface area contributed by atoms with Crippen LogP contribution < -0.4 is 0 Å². The van der Waals surface area contributed by atoms with Gasteiger partial charge in [0.15, 0.2) is 5.78 Å². The van der Waals surface area contributed by atoms with Gasteiger partial charge < -0.3 is 0 Å². The monoisotopic (exact) mass is 565 g/mol. The summed E-state index contributed by atoms with van der Waals surface area (Å²) in [6, 6.07) is 6.77. The zero-order valence-corrected chi connectivity index (χ0v) is 20.6. The van der Waals surface area contributed by atoms with E-state index in [1.54, 1.807) is 0 Å². The molecule has 36 heavy (non-hydrogen) atoms. The number of rotatable bonds is 7. The van der Waals surface area contributed by atoms with Gasteiger partial charge in [0, 0.05) is 24.1 Å². The summed E-state index contributed by atoms with van der Waals surface area (Å²) < 4.78 is 93.0. The van der Waals surface area contributed by atoms with Gasteiger partial charge in [0.25, 0.3) is 15.9 Å². The third-order valence-electron chi connectivity index (χ3n) is 5.57. The molecule has 0 bridgehead atoms. The number of hydrogen-bond acceptors (Lipinski definition) is 6. The maximum Gasteiger partial charge on any atom is 0.416 e. The lowest BCUT2D eigenvalue weighted by Crippen LogP contribution is -2.40. The molecular weight excluding hydrogens is 549 g/mol. The molecule has 0 N–H and O–H groups in total. The van der Waals surface area contributed by atoms with Gasteiger partial charge in [-0.3, -0.25) is 4.79 Å². The first kappa shape index (κ1) is 26.6. The number of aryl methyl sites for hydroxylation is 1. The van der Waals surface area contributed by atoms with Crippen molar-refractivity contribution in [3.63, 3.8) is 0 Å². The van der Waals surface area contributed by atoms with Crippen LogP contribution >= 0.6 is 22.9 Å². The lowest BCUT2D eigenvalue weighted by molar-refractivity contribution is -0.137. The molecule has 1 aliphatic heterocycles. The summed E-state index contributed by atoms with van der Waals surface area (Å²) >= 11 is 6.50. The van der Waals surface area contributed by atoms with Crippen molar-refractivity contribution in [3.8, 4) is 11.3 Å². The highest BCUT2D eigenvalue weighted by molar-refractivity contribution is 7.91. The Kier molecular flexibility index (Phi) is 7.21. The second kappa shape index (κ2) is 9.77. The second-order valence-electron chi connectivity index (χ2n) is 8.12. The number of thiophene rings is 1. The number of alkyl halides is 5. The molecule has 14 heteroatoms. The standard InChI is InChI=1S/C22H17ClF5N3O3S2/c23-19-7-8-20(35-19)36(33,34)31-11-21(24,25)10-17(31)18(32)6-5-15-9-16(30-12-29-15)13-1-3-14(4-2-13)22(26,27)28/h1-4,7-9,12,17H,5-6,10-11H2/t17-/m0/s1. The molecule has 2 aromatic heterocycles. The third kappa shape index (κ3) is 5.74. The fourth-order valence-corrected chi connectivity index (χ4v) is 7.06. The number of ketones is 1. The lowest BCUT2D eigenvalue weighted by Gasteiger charge is -2.21. The van der Waals surface area contributed by atoms with E-state index < -0.39 is 52.5 Å². The average molecular weight is 566 g/mol. The molecule has 0 amide bonds. The van der Waals surface area contributed by atoms with Crippen molar-refractivity contribution in [1.29, 1.82) is 0 Å². The summed E-state index contributed by atoms with van der Waals surface area (Å²) in [5, 5.41) is 0. The number of aromatic nitrogens is 2. The van der Waals surface area contributed by atoms with E-state index in [1.165, 1.54) is 36.7 Å². The van der Waals surface area contributed by atoms with Crippen LogP contribution in [-0.4, -0.2) is 47.0 Å². The van der Waals surface area contributed by atoms with Gasteiger partial charge in [0.2, 0.25) is 0 Å². The van der Waals surface area contributed by atoms with Crippen LogP contribution in [0.5, 0.6) is 0 Å². The molecule has 3 aromatic rings. The third-order valence-corrected chi connectivity index (χ3v) is 9.12. The molecule has 1 aromatic carbocycles. The Morgan fingerprint density at radius 3 is 2.44 bits per heavy atom. The Labute approximate surface area is 211 Å². The summed E-state index contributed by atoms with van der Waals surface area (Å²) in [5.41, 5.74) is 0.230. The normalized spacial score (nSPS) is 18.4. The van der Waals surface area contributed by atoms with E-state index in [2.05, 4.69) is 9.97 Å². The predicted molar refractivity (Wildman–Crippen MR) is 122 cm³/mol. The maximum atomic E-state index is 14.2. The Morgan fingerprint density at radius 1 is 1.14 bits per heavy atom. The first-order valence-corrected chi connectivity index (χ1v) is 13.1. The number of hydrogen-bond donors (Lipinski definition) is 0. The van der Waals surface area contributed by atoms with E-state index in [0.29, 0.717) is 32.6 Å². The van der Waals surface area contributed by atoms with E-state index in [1.807, 2.05) is 0 Å². The highest BCUT2D eigenvalue weighted by Gasteiger charge is 2.52. The van der Waals surface area contributed by atoms with E-state index in [9.17, 15) is 35.2 Å². The molecular formula is C22H17ClF5N3O3S2. The van der Waals surface area contributed by atoms with Gasteiger partial charge in [-0.05, 0) is 36.8 Å². The summed E-state index contributed by atoms with van der Waals surface area (Å²) in [5.74, 6) is -4.08. The van der Waals surface area contributed by atoms with Gasteiger partial charge in [-0.1, -0.05) is 23.7 Å². The molecule has 1 atom stereocenters. The van der Waals surface area contributed by atoms with Gasteiger partial charge >= 0.3 is 6.18 Å². The maximum absolute atomic E-state index is 14.2. The molecule has 0 saturated carbocycles. The highest BCUT2D eigenvalue weighted by Crippen LogP contribution is 2.39. The number of Topliss-reactive ketones (excluding diaryl/α,β-unsaturated/α-hetero) is 1. The van der Waals surface area contributed by atoms with Crippen molar-refractivity contribution < 1.29 is 35.2 Å². The average Bonchev–Trinajstić information content (AvgIpc) is 3.40. The number of nitrogens with zero attached hydrogens (tertiary/aromatic N) is 3. The zero-order valence-electron chi connectivity index (χ0n) is 18.2. The van der Waals surface area contributed by atoms with Gasteiger partial charge in [-0.2, -0.15) is 17.5 Å². The first-order valence-electron chi connectivity index (χ1n) is 10.4.